The number of nitrogens with one attached hydrogen (secondary N) is 2. The predicted molar refractivity (Wildman–Crippen MR) is 103 cm³/mol. The second kappa shape index (κ2) is 8.50. The third kappa shape index (κ3) is 4.73. The zero-order valence-electron chi connectivity index (χ0n) is 14.6. The van der Waals surface area contributed by atoms with E-state index in [2.05, 4.69) is 10.6 Å². The minimum atomic E-state index is -1.06. The Morgan fingerprint density at radius 1 is 0.893 bits per heavy atom. The third-order valence-corrected chi connectivity index (χ3v) is 3.74. The van der Waals surface area contributed by atoms with Crippen molar-refractivity contribution >= 4 is 29.5 Å². The fraction of sp³-hybridized carbons (Fsp3) is 0. The van der Waals surface area contributed by atoms with E-state index in [0.717, 1.165) is 0 Å². The van der Waals surface area contributed by atoms with E-state index in [1.165, 1.54) is 42.7 Å². The van der Waals surface area contributed by atoms with Gasteiger partial charge in [0.1, 0.15) is 5.70 Å². The summed E-state index contributed by atoms with van der Waals surface area (Å²) in [5.41, 5.74) is 1.22. The molecule has 7 heteroatoms. The first-order valence-electron chi connectivity index (χ1n) is 8.29. The maximum Gasteiger partial charge on any atom is 0.335 e. The predicted octanol–water partition coefficient (Wildman–Crippen LogP) is 3.39. The van der Waals surface area contributed by atoms with Gasteiger partial charge in [0.05, 0.1) is 11.8 Å². The van der Waals surface area contributed by atoms with Crippen LogP contribution in [0.3, 0.4) is 0 Å². The Hall–Kier alpha value is -4.13. The molecule has 2 amide bonds. The number of rotatable bonds is 6. The summed E-state index contributed by atoms with van der Waals surface area (Å²) in [5, 5.41) is 14.1. The highest BCUT2D eigenvalue weighted by Gasteiger charge is 2.16. The summed E-state index contributed by atoms with van der Waals surface area (Å²) in [6, 6.07) is 17.8. The molecule has 0 fully saturated rings. The van der Waals surface area contributed by atoms with Crippen LogP contribution in [0, 0.1) is 0 Å². The average Bonchev–Trinajstić information content (AvgIpc) is 3.23. The van der Waals surface area contributed by atoms with Crippen molar-refractivity contribution in [2.45, 2.75) is 0 Å². The molecule has 140 valence electrons. The van der Waals surface area contributed by atoms with E-state index in [1.54, 1.807) is 30.3 Å². The van der Waals surface area contributed by atoms with Crippen LogP contribution >= 0.6 is 0 Å². The molecule has 28 heavy (non-hydrogen) atoms. The first kappa shape index (κ1) is 18.7. The number of amides is 2. The normalized spacial score (nSPS) is 10.9. The van der Waals surface area contributed by atoms with Crippen molar-refractivity contribution in [3.63, 3.8) is 0 Å². The molecular weight excluding hydrogens is 360 g/mol. The van der Waals surface area contributed by atoms with Crippen molar-refractivity contribution in [3.05, 3.63) is 95.6 Å². The Morgan fingerprint density at radius 2 is 1.61 bits per heavy atom. The molecule has 0 aliphatic carbocycles. The van der Waals surface area contributed by atoms with Gasteiger partial charge in [-0.3, -0.25) is 9.59 Å². The molecule has 0 aliphatic rings. The second-order valence-electron chi connectivity index (χ2n) is 5.74. The number of carboxylic acid groups (broad SMARTS) is 1. The number of hydrogen-bond acceptors (Lipinski definition) is 4. The maximum atomic E-state index is 12.7. The van der Waals surface area contributed by atoms with Crippen LogP contribution in [0.1, 0.15) is 26.5 Å². The highest BCUT2D eigenvalue weighted by Crippen LogP contribution is 2.13. The van der Waals surface area contributed by atoms with E-state index in [9.17, 15) is 14.4 Å². The molecule has 0 aliphatic heterocycles. The van der Waals surface area contributed by atoms with Gasteiger partial charge in [0.15, 0.2) is 5.76 Å². The Balaban J connectivity index is 1.83. The van der Waals surface area contributed by atoms with Gasteiger partial charge in [-0.25, -0.2) is 4.79 Å². The second-order valence-corrected chi connectivity index (χ2v) is 5.74. The highest BCUT2D eigenvalue weighted by atomic mass is 16.4. The van der Waals surface area contributed by atoms with E-state index in [0.29, 0.717) is 11.3 Å². The molecule has 0 saturated heterocycles. The smallest absolute Gasteiger partial charge is 0.335 e. The zero-order chi connectivity index (χ0) is 19.9. The van der Waals surface area contributed by atoms with E-state index >= 15 is 0 Å². The molecule has 1 aromatic heterocycles. The Labute approximate surface area is 160 Å². The molecule has 2 aromatic carbocycles. The number of carbonyl (C=O) groups excluding carboxylic acids is 2. The van der Waals surface area contributed by atoms with E-state index in [1.807, 2.05) is 6.07 Å². The zero-order valence-corrected chi connectivity index (χ0v) is 14.6. The van der Waals surface area contributed by atoms with Gasteiger partial charge in [-0.2, -0.15) is 0 Å². The van der Waals surface area contributed by atoms with Gasteiger partial charge in [-0.15, -0.1) is 0 Å². The Kier molecular flexibility index (Phi) is 5.66. The van der Waals surface area contributed by atoms with E-state index in [-0.39, 0.29) is 17.0 Å². The van der Waals surface area contributed by atoms with Crippen molar-refractivity contribution in [1.82, 2.24) is 5.32 Å². The average molecular weight is 376 g/mol. The minimum absolute atomic E-state index is 0.00918. The number of hydrogen-bond donors (Lipinski definition) is 3. The number of benzene rings is 2. The van der Waals surface area contributed by atoms with Gasteiger partial charge >= 0.3 is 5.97 Å². The summed E-state index contributed by atoms with van der Waals surface area (Å²) >= 11 is 0. The monoisotopic (exact) mass is 376 g/mol. The SMILES string of the molecule is O=C(Nc1ccc(C(=O)O)cc1)/C(=C/c1ccccc1)NC(=O)c1ccco1. The summed E-state index contributed by atoms with van der Waals surface area (Å²) in [4.78, 5) is 35.9. The fourth-order valence-electron chi connectivity index (χ4n) is 2.36. The lowest BCUT2D eigenvalue weighted by atomic mass is 10.1. The molecule has 3 N–H and O–H groups in total. The standard InChI is InChI=1S/C21H16N2O5/c24-19(22-16-10-8-15(9-11-16)21(26)27)17(13-14-5-2-1-3-6-14)23-20(25)18-7-4-12-28-18/h1-13H,(H,22,24)(H,23,25)(H,26,27)/b17-13-. The number of aromatic carboxylic acids is 1. The Bertz CT molecular complexity index is 1010. The fourth-order valence-corrected chi connectivity index (χ4v) is 2.36. The number of anilines is 1. The van der Waals surface area contributed by atoms with Crippen LogP contribution in [-0.4, -0.2) is 22.9 Å². The summed E-state index contributed by atoms with van der Waals surface area (Å²) in [5.74, 6) is -2.12. The largest absolute Gasteiger partial charge is 0.478 e. The number of furan rings is 1. The van der Waals surface area contributed by atoms with E-state index in [4.69, 9.17) is 9.52 Å². The van der Waals surface area contributed by atoms with Crippen LogP contribution in [0.5, 0.6) is 0 Å². The van der Waals surface area contributed by atoms with Gasteiger partial charge in [-0.1, -0.05) is 30.3 Å². The van der Waals surface area contributed by atoms with Crippen LogP contribution < -0.4 is 10.6 Å². The molecule has 0 spiro atoms. The maximum absolute atomic E-state index is 12.7. The van der Waals surface area contributed by atoms with Crippen molar-refractivity contribution in [3.8, 4) is 0 Å². The first-order valence-corrected chi connectivity index (χ1v) is 8.29. The van der Waals surface area contributed by atoms with Crippen molar-refractivity contribution in [2.75, 3.05) is 5.32 Å². The van der Waals surface area contributed by atoms with Crippen molar-refractivity contribution in [2.24, 2.45) is 0 Å². The summed E-state index contributed by atoms with van der Waals surface area (Å²) in [6.45, 7) is 0. The first-order chi connectivity index (χ1) is 13.5. The summed E-state index contributed by atoms with van der Waals surface area (Å²) < 4.78 is 5.05. The molecule has 0 radical (unpaired) electrons. The summed E-state index contributed by atoms with van der Waals surface area (Å²) in [7, 11) is 0. The topological polar surface area (TPSA) is 109 Å². The van der Waals surface area contributed by atoms with Gasteiger partial charge in [-0.05, 0) is 48.0 Å². The molecule has 0 unspecified atom stereocenters. The van der Waals surface area contributed by atoms with Gasteiger partial charge in [0.2, 0.25) is 0 Å². The molecule has 0 bridgehead atoms. The van der Waals surface area contributed by atoms with Gasteiger partial charge in [0.25, 0.3) is 11.8 Å². The lowest BCUT2D eigenvalue weighted by Crippen LogP contribution is -2.30. The molecule has 1 heterocycles. The third-order valence-electron chi connectivity index (χ3n) is 3.74. The molecule has 0 atom stereocenters. The highest BCUT2D eigenvalue weighted by molar-refractivity contribution is 6.10. The van der Waals surface area contributed by atoms with Gasteiger partial charge < -0.3 is 20.2 Å². The van der Waals surface area contributed by atoms with Crippen LogP contribution in [0.2, 0.25) is 0 Å². The van der Waals surface area contributed by atoms with Crippen molar-refractivity contribution in [1.29, 1.82) is 0 Å². The number of carboxylic acids is 1. The molecule has 7 nitrogen and oxygen atoms in total. The van der Waals surface area contributed by atoms with Crippen LogP contribution in [0.25, 0.3) is 6.08 Å². The van der Waals surface area contributed by atoms with Crippen LogP contribution in [0.4, 0.5) is 5.69 Å². The molecule has 0 saturated carbocycles. The number of carbonyl (C=O) groups is 3. The Morgan fingerprint density at radius 3 is 2.21 bits per heavy atom. The molecular formula is C21H16N2O5. The van der Waals surface area contributed by atoms with Crippen LogP contribution in [-0.2, 0) is 4.79 Å². The molecule has 3 aromatic rings. The van der Waals surface area contributed by atoms with Gasteiger partial charge in [0, 0.05) is 5.69 Å². The van der Waals surface area contributed by atoms with Crippen molar-refractivity contribution < 1.29 is 23.9 Å². The summed E-state index contributed by atoms with van der Waals surface area (Å²) in [6.07, 6.45) is 2.89. The molecule has 3 rings (SSSR count). The quantitative estimate of drug-likeness (QED) is 0.572. The van der Waals surface area contributed by atoms with E-state index < -0.39 is 17.8 Å². The lowest BCUT2D eigenvalue weighted by molar-refractivity contribution is -0.113. The minimum Gasteiger partial charge on any atom is -0.478 e. The van der Waals surface area contributed by atoms with Crippen LogP contribution in [0.15, 0.2) is 83.1 Å². The lowest BCUT2D eigenvalue weighted by Gasteiger charge is -2.10.